The van der Waals surface area contributed by atoms with Gasteiger partial charge in [0.15, 0.2) is 0 Å². The highest BCUT2D eigenvalue weighted by Gasteiger charge is 2.28. The highest BCUT2D eigenvalue weighted by Crippen LogP contribution is 2.19. The highest BCUT2D eigenvalue weighted by atomic mass is 19.1. The Labute approximate surface area is 100 Å². The van der Waals surface area contributed by atoms with Crippen LogP contribution < -0.4 is 5.73 Å². The Balaban J connectivity index is 2.18. The number of nitrogens with two attached hydrogens (primary N) is 1. The van der Waals surface area contributed by atoms with E-state index in [0.29, 0.717) is 6.54 Å². The zero-order valence-corrected chi connectivity index (χ0v) is 9.90. The summed E-state index contributed by atoms with van der Waals surface area (Å²) in [5.74, 6) is -0.693. The second-order valence-electron chi connectivity index (χ2n) is 4.61. The Morgan fingerprint density at radius 1 is 1.47 bits per heavy atom. The number of carbonyl (C=O) groups excluding carboxylic acids is 1. The van der Waals surface area contributed by atoms with Gasteiger partial charge in [-0.2, -0.15) is 0 Å². The molecule has 92 valence electrons. The average molecular weight is 236 g/mol. The van der Waals surface area contributed by atoms with Crippen LogP contribution in [-0.2, 0) is 0 Å². The zero-order valence-electron chi connectivity index (χ0n) is 9.90. The minimum Gasteiger partial charge on any atom is -0.336 e. The van der Waals surface area contributed by atoms with Crippen LogP contribution in [0.15, 0.2) is 24.3 Å². The first-order chi connectivity index (χ1) is 8.09. The number of hydrogen-bond donors (Lipinski definition) is 1. The van der Waals surface area contributed by atoms with Gasteiger partial charge in [0.2, 0.25) is 0 Å². The Hall–Kier alpha value is -1.42. The minimum atomic E-state index is -0.459. The summed E-state index contributed by atoms with van der Waals surface area (Å²) >= 11 is 0. The van der Waals surface area contributed by atoms with Gasteiger partial charge in [0.05, 0.1) is 5.56 Å². The highest BCUT2D eigenvalue weighted by molar-refractivity contribution is 5.94. The monoisotopic (exact) mass is 236 g/mol. The van der Waals surface area contributed by atoms with Gasteiger partial charge in [-0.05, 0) is 31.9 Å². The lowest BCUT2D eigenvalue weighted by Gasteiger charge is -2.36. The van der Waals surface area contributed by atoms with Crippen molar-refractivity contribution in [2.45, 2.75) is 31.8 Å². The normalized spacial score (nSPS) is 24.8. The van der Waals surface area contributed by atoms with Crippen LogP contribution in [0.2, 0.25) is 0 Å². The molecule has 0 saturated carbocycles. The van der Waals surface area contributed by atoms with E-state index in [1.54, 1.807) is 17.0 Å². The van der Waals surface area contributed by atoms with Gasteiger partial charge in [0.1, 0.15) is 5.82 Å². The fraction of sp³-hybridized carbons (Fsp3) is 0.462. The average Bonchev–Trinajstić information content (AvgIpc) is 2.29. The molecule has 2 rings (SSSR count). The molecule has 1 aromatic rings. The van der Waals surface area contributed by atoms with E-state index in [1.807, 2.05) is 6.92 Å². The number of nitrogens with zero attached hydrogens (tertiary/aromatic N) is 1. The summed E-state index contributed by atoms with van der Waals surface area (Å²) in [5.41, 5.74) is 5.99. The third kappa shape index (κ3) is 2.47. The van der Waals surface area contributed by atoms with Crippen LogP contribution >= 0.6 is 0 Å². The van der Waals surface area contributed by atoms with Crippen LogP contribution in [0.5, 0.6) is 0 Å². The summed E-state index contributed by atoms with van der Waals surface area (Å²) in [6, 6.07) is 6.32. The Bertz CT molecular complexity index is 422. The third-order valence-corrected chi connectivity index (χ3v) is 3.28. The van der Waals surface area contributed by atoms with Gasteiger partial charge in [-0.15, -0.1) is 0 Å². The van der Waals surface area contributed by atoms with E-state index in [4.69, 9.17) is 5.73 Å². The molecule has 1 aromatic carbocycles. The number of benzene rings is 1. The van der Waals surface area contributed by atoms with Gasteiger partial charge in [-0.3, -0.25) is 4.79 Å². The van der Waals surface area contributed by atoms with Crippen molar-refractivity contribution >= 4 is 5.91 Å². The second kappa shape index (κ2) is 4.84. The summed E-state index contributed by atoms with van der Waals surface area (Å²) in [5, 5.41) is 0. The van der Waals surface area contributed by atoms with Crippen molar-refractivity contribution in [1.82, 2.24) is 4.90 Å². The van der Waals surface area contributed by atoms with E-state index >= 15 is 0 Å². The van der Waals surface area contributed by atoms with Gasteiger partial charge in [-0.1, -0.05) is 12.1 Å². The number of likely N-dealkylation sites (tertiary alicyclic amines) is 1. The predicted octanol–water partition coefficient (Wildman–Crippen LogP) is 1.78. The van der Waals surface area contributed by atoms with Gasteiger partial charge >= 0.3 is 0 Å². The number of halogens is 1. The van der Waals surface area contributed by atoms with Crippen molar-refractivity contribution in [2.24, 2.45) is 5.73 Å². The van der Waals surface area contributed by atoms with Gasteiger partial charge in [0.25, 0.3) is 5.91 Å². The summed E-state index contributed by atoms with van der Waals surface area (Å²) < 4.78 is 13.5. The fourth-order valence-electron chi connectivity index (χ4n) is 2.30. The maximum Gasteiger partial charge on any atom is 0.257 e. The van der Waals surface area contributed by atoms with Gasteiger partial charge in [0, 0.05) is 18.6 Å². The van der Waals surface area contributed by atoms with Crippen LogP contribution in [0.1, 0.15) is 30.1 Å². The molecule has 17 heavy (non-hydrogen) atoms. The quantitative estimate of drug-likeness (QED) is 0.808. The zero-order chi connectivity index (χ0) is 12.4. The number of carbonyl (C=O) groups is 1. The molecule has 1 fully saturated rings. The molecule has 1 aliphatic heterocycles. The molecule has 1 aliphatic rings. The van der Waals surface area contributed by atoms with E-state index in [2.05, 4.69) is 0 Å². The van der Waals surface area contributed by atoms with Crippen molar-refractivity contribution < 1.29 is 9.18 Å². The summed E-state index contributed by atoms with van der Waals surface area (Å²) in [6.45, 7) is 2.56. The number of amides is 1. The van der Waals surface area contributed by atoms with E-state index in [-0.39, 0.29) is 23.6 Å². The molecule has 2 unspecified atom stereocenters. The molecule has 2 atom stereocenters. The Kier molecular flexibility index (Phi) is 3.43. The maximum atomic E-state index is 13.5. The summed E-state index contributed by atoms with van der Waals surface area (Å²) in [7, 11) is 0. The molecular formula is C13H17FN2O. The lowest BCUT2D eigenvalue weighted by atomic mass is 9.98. The molecule has 4 heteroatoms. The lowest BCUT2D eigenvalue weighted by molar-refractivity contribution is 0.0614. The summed E-state index contributed by atoms with van der Waals surface area (Å²) in [6.07, 6.45) is 1.56. The number of rotatable bonds is 1. The molecular weight excluding hydrogens is 219 g/mol. The molecule has 1 heterocycles. The molecule has 0 radical (unpaired) electrons. The van der Waals surface area contributed by atoms with Crippen LogP contribution in [0.25, 0.3) is 0 Å². The van der Waals surface area contributed by atoms with Crippen LogP contribution in [0.3, 0.4) is 0 Å². The SMILES string of the molecule is CC1CC(N)CCN1C(=O)c1ccccc1F. The molecule has 0 aliphatic carbocycles. The number of hydrogen-bond acceptors (Lipinski definition) is 2. The Morgan fingerprint density at radius 3 is 2.82 bits per heavy atom. The van der Waals surface area contributed by atoms with Crippen molar-refractivity contribution in [3.05, 3.63) is 35.6 Å². The summed E-state index contributed by atoms with van der Waals surface area (Å²) in [4.78, 5) is 13.9. The largest absolute Gasteiger partial charge is 0.336 e. The fourth-order valence-corrected chi connectivity index (χ4v) is 2.30. The van der Waals surface area contributed by atoms with E-state index < -0.39 is 5.82 Å². The second-order valence-corrected chi connectivity index (χ2v) is 4.61. The Morgan fingerprint density at radius 2 is 2.18 bits per heavy atom. The van der Waals surface area contributed by atoms with E-state index in [9.17, 15) is 9.18 Å². The first-order valence-corrected chi connectivity index (χ1v) is 5.90. The topological polar surface area (TPSA) is 46.3 Å². The third-order valence-electron chi connectivity index (χ3n) is 3.28. The van der Waals surface area contributed by atoms with Crippen LogP contribution in [-0.4, -0.2) is 29.4 Å². The standard InChI is InChI=1S/C13H17FN2O/c1-9-8-10(15)6-7-16(9)13(17)11-4-2-3-5-12(11)14/h2-5,9-10H,6-8,15H2,1H3. The first-order valence-electron chi connectivity index (χ1n) is 5.90. The first kappa shape index (κ1) is 12.0. The predicted molar refractivity (Wildman–Crippen MR) is 64.1 cm³/mol. The van der Waals surface area contributed by atoms with Crippen molar-refractivity contribution in [3.8, 4) is 0 Å². The van der Waals surface area contributed by atoms with Crippen LogP contribution in [0, 0.1) is 5.82 Å². The smallest absolute Gasteiger partial charge is 0.257 e. The molecule has 0 bridgehead atoms. The molecule has 2 N–H and O–H groups in total. The molecule has 1 saturated heterocycles. The number of piperidine rings is 1. The van der Waals surface area contributed by atoms with Crippen LogP contribution in [0.4, 0.5) is 4.39 Å². The lowest BCUT2D eigenvalue weighted by Crippen LogP contribution is -2.48. The molecule has 1 amide bonds. The van der Waals surface area contributed by atoms with Crippen molar-refractivity contribution in [3.63, 3.8) is 0 Å². The molecule has 3 nitrogen and oxygen atoms in total. The van der Waals surface area contributed by atoms with E-state index in [0.717, 1.165) is 12.8 Å². The maximum absolute atomic E-state index is 13.5. The molecule has 0 spiro atoms. The molecule has 0 aromatic heterocycles. The van der Waals surface area contributed by atoms with Gasteiger partial charge in [-0.25, -0.2) is 4.39 Å². The van der Waals surface area contributed by atoms with Crippen molar-refractivity contribution in [1.29, 1.82) is 0 Å². The van der Waals surface area contributed by atoms with Gasteiger partial charge < -0.3 is 10.6 Å². The minimum absolute atomic E-state index is 0.0749. The van der Waals surface area contributed by atoms with E-state index in [1.165, 1.54) is 12.1 Å². The van der Waals surface area contributed by atoms with Crippen molar-refractivity contribution in [2.75, 3.05) is 6.54 Å².